The predicted octanol–water partition coefficient (Wildman–Crippen LogP) is 5.40. The van der Waals surface area contributed by atoms with E-state index in [2.05, 4.69) is 38.7 Å². The van der Waals surface area contributed by atoms with Gasteiger partial charge in [0.05, 0.1) is 12.2 Å². The zero-order valence-electron chi connectivity index (χ0n) is 16.5. The van der Waals surface area contributed by atoms with Gasteiger partial charge < -0.3 is 10.1 Å². The van der Waals surface area contributed by atoms with Crippen LogP contribution in [0.5, 0.6) is 5.75 Å². The third kappa shape index (κ3) is 7.12. The number of carbonyl (C=O) groups is 1. The monoisotopic (exact) mass is 474 g/mol. The molecule has 1 aliphatic carbocycles. The lowest BCUT2D eigenvalue weighted by Gasteiger charge is -2.19. The smallest absolute Gasteiger partial charge is 0.261 e. The van der Waals surface area contributed by atoms with Crippen LogP contribution in [0.1, 0.15) is 54.4 Å². The van der Waals surface area contributed by atoms with Crippen LogP contribution in [0.2, 0.25) is 0 Å². The average molecular weight is 475 g/mol. The Bertz CT molecular complexity index is 821. The van der Waals surface area contributed by atoms with Crippen molar-refractivity contribution in [1.82, 2.24) is 10.6 Å². The minimum absolute atomic E-state index is 0.257. The molecule has 2 N–H and O–H groups in total. The summed E-state index contributed by atoms with van der Waals surface area (Å²) in [6, 6.07) is 15.9. The lowest BCUT2D eigenvalue weighted by atomic mass is 10.1. The van der Waals surface area contributed by atoms with Crippen molar-refractivity contribution in [2.24, 2.45) is 0 Å². The number of hydrogen-bond donors (Lipinski definition) is 2. The van der Waals surface area contributed by atoms with E-state index in [9.17, 15) is 4.79 Å². The first-order chi connectivity index (χ1) is 14.1. The number of hydrogen-bond acceptors (Lipinski definition) is 3. The number of benzene rings is 2. The summed E-state index contributed by atoms with van der Waals surface area (Å²) in [4.78, 5) is 12.8. The number of rotatable bonds is 6. The van der Waals surface area contributed by atoms with E-state index >= 15 is 0 Å². The predicted molar refractivity (Wildman–Crippen MR) is 124 cm³/mol. The second kappa shape index (κ2) is 11.3. The molecule has 2 aromatic carbocycles. The number of halogens is 1. The molecular weight excluding hydrogens is 448 g/mol. The highest BCUT2D eigenvalue weighted by Crippen LogP contribution is 2.24. The van der Waals surface area contributed by atoms with Gasteiger partial charge in [0.25, 0.3) is 5.91 Å². The van der Waals surface area contributed by atoms with E-state index in [1.54, 1.807) is 6.07 Å². The van der Waals surface area contributed by atoms with Gasteiger partial charge in [-0.05, 0) is 48.8 Å². The van der Waals surface area contributed by atoms with Crippen molar-refractivity contribution in [2.75, 3.05) is 6.61 Å². The largest absolute Gasteiger partial charge is 0.492 e. The molecule has 0 unspecified atom stereocenters. The fourth-order valence-electron chi connectivity index (χ4n) is 3.54. The van der Waals surface area contributed by atoms with Crippen molar-refractivity contribution in [1.29, 1.82) is 0 Å². The van der Waals surface area contributed by atoms with Crippen molar-refractivity contribution in [3.05, 3.63) is 64.1 Å². The van der Waals surface area contributed by atoms with Crippen LogP contribution in [0.3, 0.4) is 0 Å². The van der Waals surface area contributed by atoms with Crippen LogP contribution in [0, 0.1) is 0 Å². The van der Waals surface area contributed by atoms with Crippen LogP contribution in [0.15, 0.2) is 53.0 Å². The molecule has 0 spiro atoms. The Hall–Kier alpha value is -1.92. The van der Waals surface area contributed by atoms with Gasteiger partial charge in [-0.25, -0.2) is 0 Å². The van der Waals surface area contributed by atoms with Gasteiger partial charge in [0.2, 0.25) is 0 Å². The molecule has 1 saturated carbocycles. The minimum Gasteiger partial charge on any atom is -0.492 e. The first kappa shape index (κ1) is 21.8. The number of amides is 1. The second-order valence-corrected chi connectivity index (χ2v) is 8.66. The maximum Gasteiger partial charge on any atom is 0.261 e. The Labute approximate surface area is 186 Å². The number of thiocarbonyl (C=S) groups is 1. The molecule has 29 heavy (non-hydrogen) atoms. The highest BCUT2D eigenvalue weighted by molar-refractivity contribution is 9.10. The van der Waals surface area contributed by atoms with Gasteiger partial charge in [-0.2, -0.15) is 0 Å². The third-order valence-electron chi connectivity index (χ3n) is 5.09. The summed E-state index contributed by atoms with van der Waals surface area (Å²) < 4.78 is 6.74. The number of ether oxygens (including phenoxy) is 1. The Morgan fingerprint density at radius 3 is 2.52 bits per heavy atom. The van der Waals surface area contributed by atoms with Crippen LogP contribution < -0.4 is 15.4 Å². The molecule has 3 rings (SSSR count). The van der Waals surface area contributed by atoms with Crippen LogP contribution in [-0.2, 0) is 6.42 Å². The molecule has 1 aliphatic rings. The zero-order chi connectivity index (χ0) is 20.5. The Kier molecular flexibility index (Phi) is 8.50. The summed E-state index contributed by atoms with van der Waals surface area (Å²) in [5, 5.41) is 6.51. The summed E-state index contributed by atoms with van der Waals surface area (Å²) in [7, 11) is 0. The molecule has 4 nitrogen and oxygen atoms in total. The third-order valence-corrected chi connectivity index (χ3v) is 5.81. The summed E-state index contributed by atoms with van der Waals surface area (Å²) in [6.45, 7) is 0.497. The van der Waals surface area contributed by atoms with E-state index in [0.29, 0.717) is 29.1 Å². The molecule has 1 fully saturated rings. The Balaban J connectivity index is 1.58. The van der Waals surface area contributed by atoms with Gasteiger partial charge in [0, 0.05) is 16.9 Å². The highest BCUT2D eigenvalue weighted by Gasteiger charge is 2.17. The van der Waals surface area contributed by atoms with Crippen molar-refractivity contribution in [3.63, 3.8) is 0 Å². The average Bonchev–Trinajstić information content (AvgIpc) is 2.98. The van der Waals surface area contributed by atoms with Gasteiger partial charge in [0.15, 0.2) is 5.11 Å². The van der Waals surface area contributed by atoms with Gasteiger partial charge in [0.1, 0.15) is 5.75 Å². The molecule has 2 aromatic rings. The van der Waals surface area contributed by atoms with E-state index in [4.69, 9.17) is 17.0 Å². The molecule has 154 valence electrons. The molecule has 0 heterocycles. The lowest BCUT2D eigenvalue weighted by Crippen LogP contribution is -2.44. The maximum atomic E-state index is 12.8. The first-order valence-electron chi connectivity index (χ1n) is 10.2. The molecule has 0 bridgehead atoms. The lowest BCUT2D eigenvalue weighted by molar-refractivity contribution is 0.0972. The van der Waals surface area contributed by atoms with Crippen LogP contribution >= 0.6 is 28.1 Å². The number of carbonyl (C=O) groups excluding carboxylic acids is 1. The molecule has 6 heteroatoms. The van der Waals surface area contributed by atoms with Crippen LogP contribution in [0.25, 0.3) is 0 Å². The molecule has 0 radical (unpaired) electrons. The summed E-state index contributed by atoms with van der Waals surface area (Å²) in [5.41, 5.74) is 1.67. The minimum atomic E-state index is -0.257. The first-order valence-corrected chi connectivity index (χ1v) is 11.4. The molecule has 0 saturated heterocycles. The molecule has 1 amide bonds. The summed E-state index contributed by atoms with van der Waals surface area (Å²) in [6.07, 6.45) is 7.94. The highest BCUT2D eigenvalue weighted by atomic mass is 79.9. The molecule has 0 aliphatic heterocycles. The van der Waals surface area contributed by atoms with Gasteiger partial charge in [-0.15, -0.1) is 0 Å². The van der Waals surface area contributed by atoms with Crippen molar-refractivity contribution in [3.8, 4) is 5.75 Å². The zero-order valence-corrected chi connectivity index (χ0v) is 18.9. The van der Waals surface area contributed by atoms with E-state index in [0.717, 1.165) is 23.7 Å². The molecular formula is C23H27BrN2O2S. The van der Waals surface area contributed by atoms with E-state index in [1.807, 2.05) is 30.3 Å². The van der Waals surface area contributed by atoms with Crippen molar-refractivity contribution in [2.45, 2.75) is 51.0 Å². The summed E-state index contributed by atoms with van der Waals surface area (Å²) >= 11 is 8.83. The topological polar surface area (TPSA) is 50.4 Å². The van der Waals surface area contributed by atoms with Crippen LogP contribution in [-0.4, -0.2) is 23.7 Å². The SMILES string of the molecule is O=C(NC(=S)NC1CCCCCC1)c1cc(Br)ccc1OCCc1ccccc1. The Morgan fingerprint density at radius 1 is 1.07 bits per heavy atom. The van der Waals surface area contributed by atoms with Crippen molar-refractivity contribution < 1.29 is 9.53 Å². The number of nitrogens with one attached hydrogen (secondary N) is 2. The van der Waals surface area contributed by atoms with Gasteiger partial charge in [-0.1, -0.05) is 71.9 Å². The fourth-order valence-corrected chi connectivity index (χ4v) is 4.17. The van der Waals surface area contributed by atoms with E-state index < -0.39 is 0 Å². The summed E-state index contributed by atoms with van der Waals surface area (Å²) in [5.74, 6) is 0.297. The molecule has 0 aromatic heterocycles. The van der Waals surface area contributed by atoms with E-state index in [1.165, 1.54) is 31.2 Å². The van der Waals surface area contributed by atoms with Gasteiger partial charge in [-0.3, -0.25) is 10.1 Å². The Morgan fingerprint density at radius 2 is 1.79 bits per heavy atom. The van der Waals surface area contributed by atoms with Crippen LogP contribution in [0.4, 0.5) is 0 Å². The molecule has 0 atom stereocenters. The quantitative estimate of drug-likeness (QED) is 0.434. The van der Waals surface area contributed by atoms with Crippen molar-refractivity contribution >= 4 is 39.2 Å². The maximum absolute atomic E-state index is 12.8. The normalized spacial score (nSPS) is 14.7. The fraction of sp³-hybridized carbons (Fsp3) is 0.391. The second-order valence-electron chi connectivity index (χ2n) is 7.34. The van der Waals surface area contributed by atoms with Gasteiger partial charge >= 0.3 is 0 Å². The standard InChI is InChI=1S/C23H27BrN2O2S/c24-18-12-13-21(28-15-14-17-8-4-3-5-9-17)20(16-18)22(27)26-23(29)25-19-10-6-1-2-7-11-19/h3-5,8-9,12-13,16,19H,1-2,6-7,10-11,14-15H2,(H2,25,26,27,29). The van der Waals surface area contributed by atoms with E-state index in [-0.39, 0.29) is 5.91 Å².